The number of nitrogens with zero attached hydrogens (tertiary/aromatic N) is 3. The van der Waals surface area contributed by atoms with Crippen LogP contribution in [-0.4, -0.2) is 11.9 Å². The SMILES string of the molecule is CC1=CCC(N=NC2=NC=C(C)C=C(C)CC2)C=C1. The van der Waals surface area contributed by atoms with E-state index in [0.29, 0.717) is 0 Å². The van der Waals surface area contributed by atoms with Crippen LogP contribution in [0, 0.1) is 0 Å². The summed E-state index contributed by atoms with van der Waals surface area (Å²) in [7, 11) is 0. The minimum Gasteiger partial charge on any atom is -0.239 e. The molecule has 0 radical (unpaired) electrons. The highest BCUT2D eigenvalue weighted by molar-refractivity contribution is 5.83. The molecule has 0 aromatic carbocycles. The van der Waals surface area contributed by atoms with E-state index in [-0.39, 0.29) is 6.04 Å². The third kappa shape index (κ3) is 4.43. The average molecular weight is 255 g/mol. The lowest BCUT2D eigenvalue weighted by Crippen LogP contribution is -2.03. The van der Waals surface area contributed by atoms with Crippen LogP contribution >= 0.6 is 0 Å². The molecule has 19 heavy (non-hydrogen) atoms. The smallest absolute Gasteiger partial charge is 0.150 e. The first-order valence-corrected chi connectivity index (χ1v) is 6.80. The molecule has 0 aromatic rings. The number of hydrogen-bond acceptors (Lipinski definition) is 3. The number of amidine groups is 1. The molecule has 0 N–H and O–H groups in total. The van der Waals surface area contributed by atoms with E-state index >= 15 is 0 Å². The van der Waals surface area contributed by atoms with Crippen molar-refractivity contribution < 1.29 is 0 Å². The molecule has 1 heterocycles. The van der Waals surface area contributed by atoms with Crippen molar-refractivity contribution in [3.8, 4) is 0 Å². The lowest BCUT2D eigenvalue weighted by molar-refractivity contribution is 0.771. The Balaban J connectivity index is 2.01. The van der Waals surface area contributed by atoms with Crippen LogP contribution in [0.15, 0.2) is 62.4 Å². The molecule has 0 aromatic heterocycles. The summed E-state index contributed by atoms with van der Waals surface area (Å²) < 4.78 is 0. The number of aliphatic imine (C=N–C) groups is 1. The summed E-state index contributed by atoms with van der Waals surface area (Å²) in [5, 5.41) is 8.70. The number of rotatable bonds is 1. The van der Waals surface area contributed by atoms with Crippen LogP contribution in [0.25, 0.3) is 0 Å². The second-order valence-corrected chi connectivity index (χ2v) is 5.23. The molecule has 1 atom stereocenters. The Morgan fingerprint density at radius 2 is 2.00 bits per heavy atom. The van der Waals surface area contributed by atoms with Crippen molar-refractivity contribution in [3.63, 3.8) is 0 Å². The zero-order valence-corrected chi connectivity index (χ0v) is 11.9. The molecule has 1 aliphatic heterocycles. The Hall–Kier alpha value is -1.77. The molecular weight excluding hydrogens is 234 g/mol. The molecule has 0 saturated carbocycles. The first kappa shape index (κ1) is 13.7. The summed E-state index contributed by atoms with van der Waals surface area (Å²) >= 11 is 0. The number of hydrogen-bond donors (Lipinski definition) is 0. The molecule has 0 fully saturated rings. The highest BCUT2D eigenvalue weighted by atomic mass is 15.2. The Morgan fingerprint density at radius 3 is 2.74 bits per heavy atom. The largest absolute Gasteiger partial charge is 0.239 e. The van der Waals surface area contributed by atoms with Gasteiger partial charge in [0.05, 0.1) is 6.04 Å². The van der Waals surface area contributed by atoms with E-state index in [0.717, 1.165) is 25.1 Å². The van der Waals surface area contributed by atoms with Gasteiger partial charge in [0.15, 0.2) is 5.84 Å². The average Bonchev–Trinajstić information content (AvgIpc) is 2.38. The zero-order chi connectivity index (χ0) is 13.7. The fraction of sp³-hybridized carbons (Fsp3) is 0.438. The van der Waals surface area contributed by atoms with Crippen molar-refractivity contribution >= 4 is 5.84 Å². The van der Waals surface area contributed by atoms with E-state index < -0.39 is 0 Å². The Bertz CT molecular complexity index is 516. The van der Waals surface area contributed by atoms with Gasteiger partial charge in [0.25, 0.3) is 0 Å². The van der Waals surface area contributed by atoms with E-state index in [1.165, 1.54) is 16.7 Å². The lowest BCUT2D eigenvalue weighted by Gasteiger charge is -2.09. The molecule has 2 aliphatic rings. The highest BCUT2D eigenvalue weighted by Crippen LogP contribution is 2.16. The molecule has 0 bridgehead atoms. The normalized spacial score (nSPS) is 24.3. The standard InChI is InChI=1S/C16H21N3/c1-12-4-7-15(8-5-12)18-19-16-9-6-13(2)10-14(3)11-17-16/h4-5,7,10-11,15H,6,8-9H2,1-3H3. The van der Waals surface area contributed by atoms with E-state index in [9.17, 15) is 0 Å². The fourth-order valence-electron chi connectivity index (χ4n) is 2.07. The predicted molar refractivity (Wildman–Crippen MR) is 80.3 cm³/mol. The minimum absolute atomic E-state index is 0.165. The maximum Gasteiger partial charge on any atom is 0.150 e. The molecule has 0 spiro atoms. The van der Waals surface area contributed by atoms with Crippen LogP contribution in [0.4, 0.5) is 0 Å². The summed E-state index contributed by atoms with van der Waals surface area (Å²) in [6.07, 6.45) is 13.3. The van der Waals surface area contributed by atoms with Crippen molar-refractivity contribution in [2.75, 3.05) is 0 Å². The summed E-state index contributed by atoms with van der Waals surface area (Å²) in [5.74, 6) is 0.825. The summed E-state index contributed by atoms with van der Waals surface area (Å²) in [6.45, 7) is 6.31. The summed E-state index contributed by atoms with van der Waals surface area (Å²) in [4.78, 5) is 4.41. The third-order valence-electron chi connectivity index (χ3n) is 3.22. The number of azo groups is 1. The molecule has 2 rings (SSSR count). The monoisotopic (exact) mass is 255 g/mol. The summed E-state index contributed by atoms with van der Waals surface area (Å²) in [6, 6.07) is 0.165. The van der Waals surface area contributed by atoms with Crippen molar-refractivity contribution in [2.24, 2.45) is 15.2 Å². The van der Waals surface area contributed by atoms with Crippen LogP contribution in [0.3, 0.4) is 0 Å². The molecule has 1 aliphatic carbocycles. The maximum absolute atomic E-state index is 4.41. The molecular formula is C16H21N3. The molecule has 0 saturated heterocycles. The van der Waals surface area contributed by atoms with Crippen molar-refractivity contribution in [1.82, 2.24) is 0 Å². The van der Waals surface area contributed by atoms with Crippen molar-refractivity contribution in [2.45, 2.75) is 46.1 Å². The quantitative estimate of drug-likeness (QED) is 0.606. The third-order valence-corrected chi connectivity index (χ3v) is 3.22. The van der Waals surface area contributed by atoms with Crippen LogP contribution in [0.1, 0.15) is 40.0 Å². The van der Waals surface area contributed by atoms with Crippen molar-refractivity contribution in [1.29, 1.82) is 0 Å². The fourth-order valence-corrected chi connectivity index (χ4v) is 2.07. The summed E-state index contributed by atoms with van der Waals surface area (Å²) in [5.41, 5.74) is 3.84. The first-order valence-electron chi connectivity index (χ1n) is 6.80. The maximum atomic E-state index is 4.41. The zero-order valence-electron chi connectivity index (χ0n) is 11.9. The van der Waals surface area contributed by atoms with Gasteiger partial charge in [-0.25, -0.2) is 4.99 Å². The van der Waals surface area contributed by atoms with Gasteiger partial charge in [-0.2, -0.15) is 5.11 Å². The second kappa shape index (κ2) is 6.41. The topological polar surface area (TPSA) is 37.1 Å². The highest BCUT2D eigenvalue weighted by Gasteiger charge is 2.06. The Kier molecular flexibility index (Phi) is 4.61. The van der Waals surface area contributed by atoms with Gasteiger partial charge in [-0.15, -0.1) is 5.11 Å². The first-order chi connectivity index (χ1) is 9.13. The van der Waals surface area contributed by atoms with Gasteiger partial charge in [-0.1, -0.05) is 35.5 Å². The lowest BCUT2D eigenvalue weighted by atomic mass is 10.1. The van der Waals surface area contributed by atoms with Crippen LogP contribution in [0.2, 0.25) is 0 Å². The van der Waals surface area contributed by atoms with Crippen LogP contribution < -0.4 is 0 Å². The minimum atomic E-state index is 0.165. The van der Waals surface area contributed by atoms with Gasteiger partial charge in [0.1, 0.15) is 0 Å². The molecule has 1 unspecified atom stereocenters. The van der Waals surface area contributed by atoms with Gasteiger partial charge < -0.3 is 0 Å². The van der Waals surface area contributed by atoms with Crippen LogP contribution in [-0.2, 0) is 0 Å². The Labute approximate surface area is 115 Å². The van der Waals surface area contributed by atoms with Gasteiger partial charge in [0.2, 0.25) is 0 Å². The predicted octanol–water partition coefficient (Wildman–Crippen LogP) is 4.76. The van der Waals surface area contributed by atoms with E-state index in [4.69, 9.17) is 0 Å². The van der Waals surface area contributed by atoms with E-state index in [1.54, 1.807) is 0 Å². The van der Waals surface area contributed by atoms with Crippen LogP contribution in [0.5, 0.6) is 0 Å². The number of allylic oxidation sites excluding steroid dienone is 5. The van der Waals surface area contributed by atoms with Gasteiger partial charge in [0, 0.05) is 12.6 Å². The molecule has 3 heteroatoms. The molecule has 100 valence electrons. The van der Waals surface area contributed by atoms with E-state index in [2.05, 4.69) is 60.3 Å². The van der Waals surface area contributed by atoms with Crippen molar-refractivity contribution in [3.05, 3.63) is 47.2 Å². The van der Waals surface area contributed by atoms with Gasteiger partial charge >= 0.3 is 0 Å². The van der Waals surface area contributed by atoms with Gasteiger partial charge in [-0.3, -0.25) is 0 Å². The second-order valence-electron chi connectivity index (χ2n) is 5.23. The Morgan fingerprint density at radius 1 is 1.16 bits per heavy atom. The van der Waals surface area contributed by atoms with Gasteiger partial charge in [-0.05, 0) is 39.2 Å². The van der Waals surface area contributed by atoms with E-state index in [1.807, 2.05) is 6.20 Å². The molecule has 0 amide bonds. The molecule has 3 nitrogen and oxygen atoms in total.